The molecule has 0 saturated carbocycles. The number of aliphatic hydroxyl groups excluding tert-OH is 1. The Labute approximate surface area is 78.0 Å². The van der Waals surface area contributed by atoms with Gasteiger partial charge in [0.05, 0.1) is 11.8 Å². The molecular weight excluding hydrogens is 166 g/mol. The molecule has 0 fully saturated rings. The maximum atomic E-state index is 9.24. The summed E-state index contributed by atoms with van der Waals surface area (Å²) in [4.78, 5) is 8.03. The molecular formula is C9H15N3O. The molecule has 0 amide bonds. The first-order valence-corrected chi connectivity index (χ1v) is 4.46. The van der Waals surface area contributed by atoms with Gasteiger partial charge in [-0.15, -0.1) is 0 Å². The van der Waals surface area contributed by atoms with Gasteiger partial charge in [-0.05, 0) is 6.42 Å². The van der Waals surface area contributed by atoms with E-state index in [2.05, 4.69) is 15.3 Å². The second-order valence-corrected chi connectivity index (χ2v) is 2.89. The summed E-state index contributed by atoms with van der Waals surface area (Å²) >= 11 is 0. The molecule has 4 heteroatoms. The van der Waals surface area contributed by atoms with E-state index in [1.807, 2.05) is 6.92 Å². The maximum Gasteiger partial charge on any atom is 0.0724 e. The van der Waals surface area contributed by atoms with Crippen LogP contribution in [0.1, 0.15) is 19.0 Å². The molecule has 0 saturated heterocycles. The lowest BCUT2D eigenvalue weighted by molar-refractivity contribution is 0.167. The number of nitrogens with one attached hydrogen (secondary N) is 1. The number of hydrogen-bond donors (Lipinski definition) is 2. The average molecular weight is 181 g/mol. The minimum absolute atomic E-state index is 0.267. The van der Waals surface area contributed by atoms with E-state index in [9.17, 15) is 5.11 Å². The molecule has 0 aliphatic heterocycles. The zero-order chi connectivity index (χ0) is 9.52. The largest absolute Gasteiger partial charge is 0.392 e. The third-order valence-corrected chi connectivity index (χ3v) is 1.77. The summed E-state index contributed by atoms with van der Waals surface area (Å²) in [6.07, 6.45) is 5.52. The Morgan fingerprint density at radius 2 is 2.38 bits per heavy atom. The molecule has 4 nitrogen and oxygen atoms in total. The average Bonchev–Trinajstić information content (AvgIpc) is 2.19. The molecule has 13 heavy (non-hydrogen) atoms. The number of hydrogen-bond acceptors (Lipinski definition) is 4. The van der Waals surface area contributed by atoms with E-state index in [1.165, 1.54) is 0 Å². The Bertz CT molecular complexity index is 228. The van der Waals surface area contributed by atoms with Crippen LogP contribution in [0.2, 0.25) is 0 Å². The molecule has 1 atom stereocenters. The second-order valence-electron chi connectivity index (χ2n) is 2.89. The van der Waals surface area contributed by atoms with Crippen molar-refractivity contribution in [2.75, 3.05) is 6.54 Å². The van der Waals surface area contributed by atoms with Crippen LogP contribution in [-0.2, 0) is 6.54 Å². The van der Waals surface area contributed by atoms with Gasteiger partial charge < -0.3 is 10.4 Å². The van der Waals surface area contributed by atoms with Gasteiger partial charge in [-0.25, -0.2) is 0 Å². The fourth-order valence-electron chi connectivity index (χ4n) is 0.932. The molecule has 1 aromatic heterocycles. The molecule has 1 rings (SSSR count). The Hall–Kier alpha value is -1.00. The molecule has 1 aromatic rings. The fourth-order valence-corrected chi connectivity index (χ4v) is 0.932. The van der Waals surface area contributed by atoms with Crippen molar-refractivity contribution in [2.24, 2.45) is 0 Å². The van der Waals surface area contributed by atoms with Crippen molar-refractivity contribution in [3.8, 4) is 0 Å². The summed E-state index contributed by atoms with van der Waals surface area (Å²) in [5.41, 5.74) is 0.894. The van der Waals surface area contributed by atoms with E-state index in [-0.39, 0.29) is 6.10 Å². The highest BCUT2D eigenvalue weighted by molar-refractivity contribution is 4.93. The van der Waals surface area contributed by atoms with Crippen LogP contribution in [0.5, 0.6) is 0 Å². The van der Waals surface area contributed by atoms with Crippen molar-refractivity contribution in [1.29, 1.82) is 0 Å². The summed E-state index contributed by atoms with van der Waals surface area (Å²) in [5.74, 6) is 0. The Morgan fingerprint density at radius 3 is 3.00 bits per heavy atom. The molecule has 1 heterocycles. The zero-order valence-corrected chi connectivity index (χ0v) is 7.77. The third-order valence-electron chi connectivity index (χ3n) is 1.77. The summed E-state index contributed by atoms with van der Waals surface area (Å²) in [7, 11) is 0. The smallest absolute Gasteiger partial charge is 0.0724 e. The Morgan fingerprint density at radius 1 is 1.54 bits per heavy atom. The Kier molecular flexibility index (Phi) is 4.35. The zero-order valence-electron chi connectivity index (χ0n) is 7.77. The normalized spacial score (nSPS) is 12.8. The molecule has 0 aromatic carbocycles. The lowest BCUT2D eigenvalue weighted by atomic mass is 10.3. The quantitative estimate of drug-likeness (QED) is 0.687. The number of aliphatic hydroxyl groups is 1. The highest BCUT2D eigenvalue weighted by atomic mass is 16.3. The topological polar surface area (TPSA) is 58.0 Å². The molecule has 72 valence electrons. The molecule has 0 aliphatic carbocycles. The lowest BCUT2D eigenvalue weighted by Gasteiger charge is -2.08. The van der Waals surface area contributed by atoms with Gasteiger partial charge in [0.25, 0.3) is 0 Å². The maximum absolute atomic E-state index is 9.24. The summed E-state index contributed by atoms with van der Waals surface area (Å²) in [5, 5.41) is 12.3. The van der Waals surface area contributed by atoms with Crippen LogP contribution in [-0.4, -0.2) is 27.7 Å². The van der Waals surface area contributed by atoms with Gasteiger partial charge in [0, 0.05) is 31.7 Å². The van der Waals surface area contributed by atoms with Crippen LogP contribution in [0.15, 0.2) is 18.6 Å². The first-order valence-electron chi connectivity index (χ1n) is 4.46. The van der Waals surface area contributed by atoms with Gasteiger partial charge in [-0.2, -0.15) is 0 Å². The van der Waals surface area contributed by atoms with E-state index in [4.69, 9.17) is 0 Å². The summed E-state index contributed by atoms with van der Waals surface area (Å²) in [6, 6.07) is 0. The predicted molar refractivity (Wildman–Crippen MR) is 50.0 cm³/mol. The van der Waals surface area contributed by atoms with Crippen molar-refractivity contribution in [1.82, 2.24) is 15.3 Å². The monoisotopic (exact) mass is 181 g/mol. The SMILES string of the molecule is CCC(O)CNCc1cnccn1. The van der Waals surface area contributed by atoms with Crippen LogP contribution in [0.25, 0.3) is 0 Å². The van der Waals surface area contributed by atoms with Crippen molar-refractivity contribution in [2.45, 2.75) is 26.0 Å². The predicted octanol–water partition coefficient (Wildman–Crippen LogP) is 0.337. The second kappa shape index (κ2) is 5.61. The van der Waals surface area contributed by atoms with Gasteiger partial charge in [0.15, 0.2) is 0 Å². The number of nitrogens with zero attached hydrogens (tertiary/aromatic N) is 2. The lowest BCUT2D eigenvalue weighted by Crippen LogP contribution is -2.26. The first kappa shape index (κ1) is 10.1. The van der Waals surface area contributed by atoms with E-state index in [0.29, 0.717) is 13.1 Å². The van der Waals surface area contributed by atoms with Gasteiger partial charge in [-0.1, -0.05) is 6.92 Å². The number of rotatable bonds is 5. The Balaban J connectivity index is 2.20. The fraction of sp³-hybridized carbons (Fsp3) is 0.556. The van der Waals surface area contributed by atoms with E-state index in [1.54, 1.807) is 18.6 Å². The highest BCUT2D eigenvalue weighted by Crippen LogP contribution is 1.90. The van der Waals surface area contributed by atoms with Gasteiger partial charge in [0.1, 0.15) is 0 Å². The minimum atomic E-state index is -0.267. The highest BCUT2D eigenvalue weighted by Gasteiger charge is 1.99. The van der Waals surface area contributed by atoms with Crippen LogP contribution >= 0.6 is 0 Å². The summed E-state index contributed by atoms with van der Waals surface area (Å²) in [6.45, 7) is 3.21. The van der Waals surface area contributed by atoms with Crippen LogP contribution < -0.4 is 5.32 Å². The van der Waals surface area contributed by atoms with Crippen LogP contribution in [0.3, 0.4) is 0 Å². The van der Waals surface area contributed by atoms with Crippen molar-refractivity contribution in [3.63, 3.8) is 0 Å². The van der Waals surface area contributed by atoms with Gasteiger partial charge in [0.2, 0.25) is 0 Å². The van der Waals surface area contributed by atoms with Gasteiger partial charge in [-0.3, -0.25) is 9.97 Å². The molecule has 0 bridgehead atoms. The van der Waals surface area contributed by atoms with E-state index >= 15 is 0 Å². The third kappa shape index (κ3) is 3.96. The van der Waals surface area contributed by atoms with Crippen LogP contribution in [0.4, 0.5) is 0 Å². The molecule has 0 spiro atoms. The molecule has 2 N–H and O–H groups in total. The number of aromatic nitrogens is 2. The van der Waals surface area contributed by atoms with E-state index in [0.717, 1.165) is 12.1 Å². The molecule has 1 unspecified atom stereocenters. The van der Waals surface area contributed by atoms with Crippen LogP contribution in [0, 0.1) is 0 Å². The minimum Gasteiger partial charge on any atom is -0.392 e. The van der Waals surface area contributed by atoms with Gasteiger partial charge >= 0.3 is 0 Å². The molecule has 0 aliphatic rings. The van der Waals surface area contributed by atoms with Crippen molar-refractivity contribution < 1.29 is 5.11 Å². The first-order chi connectivity index (χ1) is 6.33. The van der Waals surface area contributed by atoms with E-state index < -0.39 is 0 Å². The van der Waals surface area contributed by atoms with Crippen molar-refractivity contribution >= 4 is 0 Å². The van der Waals surface area contributed by atoms with Crippen molar-refractivity contribution in [3.05, 3.63) is 24.3 Å². The standard InChI is InChI=1S/C9H15N3O/c1-2-9(13)7-11-6-8-5-10-3-4-12-8/h3-5,9,11,13H,2,6-7H2,1H3. The molecule has 0 radical (unpaired) electrons. The summed E-state index contributed by atoms with van der Waals surface area (Å²) < 4.78 is 0.